The number of nitrogens with zero attached hydrogens (tertiary/aromatic N) is 2. The van der Waals surface area contributed by atoms with Crippen LogP contribution >= 0.6 is 0 Å². The van der Waals surface area contributed by atoms with Crippen molar-refractivity contribution in [3.8, 4) is 0 Å². The van der Waals surface area contributed by atoms with Crippen LogP contribution in [0.5, 0.6) is 0 Å². The van der Waals surface area contributed by atoms with Crippen LogP contribution in [0.15, 0.2) is 30.6 Å². The number of benzene rings is 1. The summed E-state index contributed by atoms with van der Waals surface area (Å²) >= 11 is 0. The van der Waals surface area contributed by atoms with Gasteiger partial charge in [-0.05, 0) is 37.1 Å². The molecule has 0 radical (unpaired) electrons. The number of carbonyl (C=O) groups is 2. The maximum atomic E-state index is 12.4. The molecule has 5 nitrogen and oxygen atoms in total. The Kier molecular flexibility index (Phi) is 2.57. The summed E-state index contributed by atoms with van der Waals surface area (Å²) in [6, 6.07) is 5.09. The topological polar surface area (TPSA) is 76.3 Å². The molecule has 2 aromatic rings. The fourth-order valence-corrected chi connectivity index (χ4v) is 2.40. The van der Waals surface area contributed by atoms with E-state index in [0.29, 0.717) is 22.5 Å². The van der Waals surface area contributed by atoms with Gasteiger partial charge in [-0.3, -0.25) is 14.6 Å². The molecular formula is C15H13N3O2. The lowest BCUT2D eigenvalue weighted by molar-refractivity contribution is 0.0926. The van der Waals surface area contributed by atoms with Crippen LogP contribution in [0.2, 0.25) is 0 Å². The maximum absolute atomic E-state index is 12.4. The second-order valence-electron chi connectivity index (χ2n) is 4.86. The Morgan fingerprint density at radius 3 is 2.45 bits per heavy atom. The van der Waals surface area contributed by atoms with Crippen LogP contribution in [0.3, 0.4) is 0 Å². The lowest BCUT2D eigenvalue weighted by Gasteiger charge is -2.18. The summed E-state index contributed by atoms with van der Waals surface area (Å²) in [5.41, 5.74) is 9.44. The first-order valence-corrected chi connectivity index (χ1v) is 6.20. The van der Waals surface area contributed by atoms with Crippen molar-refractivity contribution in [2.75, 3.05) is 10.6 Å². The van der Waals surface area contributed by atoms with E-state index in [1.165, 1.54) is 12.4 Å². The van der Waals surface area contributed by atoms with E-state index in [1.54, 1.807) is 12.1 Å². The Hall–Kier alpha value is -2.69. The summed E-state index contributed by atoms with van der Waals surface area (Å²) in [7, 11) is 0. The van der Waals surface area contributed by atoms with Gasteiger partial charge in [0.1, 0.15) is 0 Å². The number of pyridine rings is 1. The average Bonchev–Trinajstić information content (AvgIpc) is 2.68. The molecular weight excluding hydrogens is 254 g/mol. The molecule has 1 aliphatic heterocycles. The number of fused-ring (bicyclic) bond motifs is 1. The Morgan fingerprint density at radius 2 is 1.75 bits per heavy atom. The average molecular weight is 267 g/mol. The van der Waals surface area contributed by atoms with Crippen LogP contribution in [0, 0.1) is 13.8 Å². The molecule has 20 heavy (non-hydrogen) atoms. The standard InChI is InChI=1S/C15H13N3O2/c1-8-5-9(2)13(6-12(8)16)18-14(19)10-3-4-17-7-11(10)15(18)20/h3-7H,16H2,1-2H3. The summed E-state index contributed by atoms with van der Waals surface area (Å²) in [6.07, 6.45) is 2.92. The number of nitrogen functional groups attached to an aromatic ring is 1. The van der Waals surface area contributed by atoms with E-state index in [2.05, 4.69) is 4.98 Å². The van der Waals surface area contributed by atoms with Gasteiger partial charge >= 0.3 is 0 Å². The highest BCUT2D eigenvalue weighted by Gasteiger charge is 2.37. The van der Waals surface area contributed by atoms with Crippen molar-refractivity contribution >= 4 is 23.2 Å². The van der Waals surface area contributed by atoms with Crippen molar-refractivity contribution in [2.24, 2.45) is 0 Å². The van der Waals surface area contributed by atoms with Gasteiger partial charge in [0.25, 0.3) is 11.8 Å². The first kappa shape index (κ1) is 12.3. The van der Waals surface area contributed by atoms with Crippen molar-refractivity contribution in [3.05, 3.63) is 52.8 Å². The number of rotatable bonds is 1. The van der Waals surface area contributed by atoms with Gasteiger partial charge in [-0.25, -0.2) is 4.90 Å². The number of imide groups is 1. The van der Waals surface area contributed by atoms with Crippen molar-refractivity contribution in [2.45, 2.75) is 13.8 Å². The highest BCUT2D eigenvalue weighted by Crippen LogP contribution is 2.32. The van der Waals surface area contributed by atoms with Gasteiger partial charge in [-0.15, -0.1) is 0 Å². The third-order valence-corrected chi connectivity index (χ3v) is 3.51. The molecule has 2 heterocycles. The number of hydrogen-bond donors (Lipinski definition) is 1. The van der Waals surface area contributed by atoms with E-state index in [9.17, 15) is 9.59 Å². The number of anilines is 2. The molecule has 1 aromatic carbocycles. The predicted molar refractivity (Wildman–Crippen MR) is 75.7 cm³/mol. The van der Waals surface area contributed by atoms with Crippen LogP contribution in [0.4, 0.5) is 11.4 Å². The minimum Gasteiger partial charge on any atom is -0.398 e. The Morgan fingerprint density at radius 1 is 1.05 bits per heavy atom. The third kappa shape index (κ3) is 1.60. The summed E-state index contributed by atoms with van der Waals surface area (Å²) in [4.78, 5) is 29.8. The second-order valence-corrected chi connectivity index (χ2v) is 4.86. The largest absolute Gasteiger partial charge is 0.398 e. The number of nitrogens with two attached hydrogens (primary N) is 1. The van der Waals surface area contributed by atoms with Crippen molar-refractivity contribution in [1.82, 2.24) is 4.98 Å². The highest BCUT2D eigenvalue weighted by molar-refractivity contribution is 6.34. The summed E-state index contributed by atoms with van der Waals surface area (Å²) in [5.74, 6) is -0.691. The van der Waals surface area contributed by atoms with Gasteiger partial charge in [-0.2, -0.15) is 0 Å². The van der Waals surface area contributed by atoms with Crippen LogP contribution < -0.4 is 10.6 Å². The first-order chi connectivity index (χ1) is 9.50. The quantitative estimate of drug-likeness (QED) is 0.634. The lowest BCUT2D eigenvalue weighted by atomic mass is 10.1. The number of carbonyl (C=O) groups excluding carboxylic acids is 2. The smallest absolute Gasteiger partial charge is 0.267 e. The van der Waals surface area contributed by atoms with E-state index in [4.69, 9.17) is 5.73 Å². The molecule has 0 bridgehead atoms. The van der Waals surface area contributed by atoms with Gasteiger partial charge in [-0.1, -0.05) is 6.07 Å². The van der Waals surface area contributed by atoms with E-state index in [0.717, 1.165) is 16.0 Å². The third-order valence-electron chi connectivity index (χ3n) is 3.51. The molecule has 0 saturated carbocycles. The number of aromatic nitrogens is 1. The Labute approximate surface area is 116 Å². The summed E-state index contributed by atoms with van der Waals surface area (Å²) < 4.78 is 0. The maximum Gasteiger partial charge on any atom is 0.267 e. The highest BCUT2D eigenvalue weighted by atomic mass is 16.2. The van der Waals surface area contributed by atoms with Crippen LogP contribution in [0.25, 0.3) is 0 Å². The molecule has 3 rings (SSSR count). The monoisotopic (exact) mass is 267 g/mol. The molecule has 0 unspecified atom stereocenters. The lowest BCUT2D eigenvalue weighted by Crippen LogP contribution is -2.30. The van der Waals surface area contributed by atoms with Gasteiger partial charge in [0, 0.05) is 18.1 Å². The van der Waals surface area contributed by atoms with E-state index in [-0.39, 0.29) is 11.8 Å². The minimum atomic E-state index is -0.357. The van der Waals surface area contributed by atoms with Crippen LogP contribution in [-0.2, 0) is 0 Å². The summed E-state index contributed by atoms with van der Waals surface area (Å²) in [6.45, 7) is 3.74. The molecule has 1 aliphatic rings. The van der Waals surface area contributed by atoms with E-state index in [1.807, 2.05) is 19.9 Å². The molecule has 5 heteroatoms. The fraction of sp³-hybridized carbons (Fsp3) is 0.133. The summed E-state index contributed by atoms with van der Waals surface area (Å²) in [5, 5.41) is 0. The van der Waals surface area contributed by atoms with Crippen molar-refractivity contribution in [1.29, 1.82) is 0 Å². The SMILES string of the molecule is Cc1cc(C)c(N2C(=O)c3ccncc3C2=O)cc1N. The molecule has 0 atom stereocenters. The molecule has 0 fully saturated rings. The molecule has 2 N–H and O–H groups in total. The number of hydrogen-bond acceptors (Lipinski definition) is 4. The molecule has 0 spiro atoms. The zero-order valence-corrected chi connectivity index (χ0v) is 11.2. The van der Waals surface area contributed by atoms with Crippen molar-refractivity contribution < 1.29 is 9.59 Å². The number of aryl methyl sites for hydroxylation is 2. The normalized spacial score (nSPS) is 13.8. The fourth-order valence-electron chi connectivity index (χ4n) is 2.40. The van der Waals surface area contributed by atoms with Gasteiger partial charge < -0.3 is 5.73 Å². The van der Waals surface area contributed by atoms with Crippen LogP contribution in [-0.4, -0.2) is 16.8 Å². The molecule has 2 amide bonds. The van der Waals surface area contributed by atoms with E-state index < -0.39 is 0 Å². The van der Waals surface area contributed by atoms with Crippen molar-refractivity contribution in [3.63, 3.8) is 0 Å². The van der Waals surface area contributed by atoms with Crippen LogP contribution in [0.1, 0.15) is 31.8 Å². The minimum absolute atomic E-state index is 0.330. The predicted octanol–water partition coefficient (Wildman–Crippen LogP) is 2.08. The molecule has 1 aromatic heterocycles. The zero-order chi connectivity index (χ0) is 14.4. The number of amides is 2. The van der Waals surface area contributed by atoms with Gasteiger partial charge in [0.2, 0.25) is 0 Å². The molecule has 0 saturated heterocycles. The first-order valence-electron chi connectivity index (χ1n) is 6.20. The van der Waals surface area contributed by atoms with Gasteiger partial charge in [0.05, 0.1) is 16.8 Å². The van der Waals surface area contributed by atoms with E-state index >= 15 is 0 Å². The molecule has 100 valence electrons. The zero-order valence-electron chi connectivity index (χ0n) is 11.2. The molecule has 0 aliphatic carbocycles. The Bertz CT molecular complexity index is 718. The Balaban J connectivity index is 2.17. The van der Waals surface area contributed by atoms with Gasteiger partial charge in [0.15, 0.2) is 0 Å². The second kappa shape index (κ2) is 4.16.